The van der Waals surface area contributed by atoms with E-state index in [0.29, 0.717) is 48.9 Å². The van der Waals surface area contributed by atoms with E-state index in [-0.39, 0.29) is 5.91 Å². The first-order valence-corrected chi connectivity index (χ1v) is 13.0. The van der Waals surface area contributed by atoms with Crippen molar-refractivity contribution in [3.05, 3.63) is 93.6 Å². The molecule has 0 saturated heterocycles. The van der Waals surface area contributed by atoms with Crippen molar-refractivity contribution in [3.8, 4) is 5.75 Å². The Bertz CT molecular complexity index is 1280. The van der Waals surface area contributed by atoms with Crippen LogP contribution in [0.25, 0.3) is 0 Å². The van der Waals surface area contributed by atoms with E-state index in [2.05, 4.69) is 9.69 Å². The van der Waals surface area contributed by atoms with Gasteiger partial charge in [0.2, 0.25) is 11.0 Å². The van der Waals surface area contributed by atoms with Gasteiger partial charge in [-0.25, -0.2) is 4.98 Å². The standard InChI is InChI=1S/C26H26Cl2N4O3S/c1-34-21-5-2-4-18(14-21)15-24-30-26(36-31-24)32(17-22-6-3-13-35-22)12-10-25(33)29-11-9-19-7-8-20(27)16-23(19)28/h2-8,13-14,16H,9-12,15,17H2,1H3,(H,29,33). The Labute approximate surface area is 224 Å². The Morgan fingerprint density at radius 3 is 2.83 bits per heavy atom. The molecule has 0 fully saturated rings. The van der Waals surface area contributed by atoms with E-state index in [0.717, 1.165) is 33.6 Å². The van der Waals surface area contributed by atoms with Crippen molar-refractivity contribution in [1.82, 2.24) is 14.7 Å². The first-order valence-electron chi connectivity index (χ1n) is 11.4. The molecule has 1 N–H and O–H groups in total. The fourth-order valence-electron chi connectivity index (χ4n) is 3.63. The Hall–Kier alpha value is -3.07. The Balaban J connectivity index is 1.35. The van der Waals surface area contributed by atoms with Crippen molar-refractivity contribution in [2.24, 2.45) is 0 Å². The zero-order valence-corrected chi connectivity index (χ0v) is 22.1. The third-order valence-corrected chi connectivity index (χ3v) is 6.89. The smallest absolute Gasteiger partial charge is 0.221 e. The number of amides is 1. The molecular formula is C26H26Cl2N4O3S. The highest BCUT2D eigenvalue weighted by molar-refractivity contribution is 7.09. The predicted molar refractivity (Wildman–Crippen MR) is 143 cm³/mol. The summed E-state index contributed by atoms with van der Waals surface area (Å²) in [6.07, 6.45) is 3.16. The molecule has 10 heteroatoms. The van der Waals surface area contributed by atoms with Crippen molar-refractivity contribution >= 4 is 45.8 Å². The summed E-state index contributed by atoms with van der Waals surface area (Å²) >= 11 is 13.5. The summed E-state index contributed by atoms with van der Waals surface area (Å²) in [6.45, 7) is 1.46. The topological polar surface area (TPSA) is 80.5 Å². The lowest BCUT2D eigenvalue weighted by atomic mass is 10.1. The molecule has 2 heterocycles. The minimum Gasteiger partial charge on any atom is -0.497 e. The molecule has 36 heavy (non-hydrogen) atoms. The Kier molecular flexibility index (Phi) is 9.22. The zero-order chi connectivity index (χ0) is 25.3. The number of furan rings is 1. The molecule has 0 saturated carbocycles. The molecule has 2 aromatic heterocycles. The van der Waals surface area contributed by atoms with Gasteiger partial charge in [-0.05, 0) is 53.9 Å². The van der Waals surface area contributed by atoms with Crippen LogP contribution in [0.4, 0.5) is 5.13 Å². The normalized spacial score (nSPS) is 10.9. The highest BCUT2D eigenvalue weighted by Gasteiger charge is 2.17. The number of benzene rings is 2. The molecule has 2 aromatic carbocycles. The number of hydrogen-bond acceptors (Lipinski definition) is 7. The number of halogens is 2. The third-order valence-electron chi connectivity index (χ3n) is 5.49. The van der Waals surface area contributed by atoms with E-state index in [4.69, 9.17) is 37.3 Å². The number of nitrogens with one attached hydrogen (secondary N) is 1. The molecule has 0 unspecified atom stereocenters. The molecule has 0 aliphatic heterocycles. The number of ether oxygens (including phenoxy) is 1. The quantitative estimate of drug-likeness (QED) is 0.243. The van der Waals surface area contributed by atoms with Crippen LogP contribution in [0.1, 0.15) is 29.1 Å². The van der Waals surface area contributed by atoms with Crippen LogP contribution < -0.4 is 15.0 Å². The second-order valence-electron chi connectivity index (χ2n) is 8.11. The van der Waals surface area contributed by atoms with Crippen LogP contribution in [-0.2, 0) is 24.2 Å². The predicted octanol–water partition coefficient (Wildman–Crippen LogP) is 5.79. The molecule has 0 spiro atoms. The van der Waals surface area contributed by atoms with Gasteiger partial charge in [-0.3, -0.25) is 4.79 Å². The molecule has 0 atom stereocenters. The maximum atomic E-state index is 12.6. The van der Waals surface area contributed by atoms with Crippen LogP contribution in [-0.4, -0.2) is 35.5 Å². The number of nitrogens with zero attached hydrogens (tertiary/aromatic N) is 3. The number of carbonyl (C=O) groups is 1. The summed E-state index contributed by atoms with van der Waals surface area (Å²) in [4.78, 5) is 19.3. The Morgan fingerprint density at radius 2 is 2.06 bits per heavy atom. The van der Waals surface area contributed by atoms with E-state index in [1.165, 1.54) is 11.5 Å². The molecule has 188 valence electrons. The average Bonchev–Trinajstić information content (AvgIpc) is 3.55. The van der Waals surface area contributed by atoms with Gasteiger partial charge in [0.15, 0.2) is 0 Å². The minimum atomic E-state index is -0.0503. The molecule has 0 aliphatic carbocycles. The average molecular weight is 545 g/mol. The van der Waals surface area contributed by atoms with Gasteiger partial charge in [-0.2, -0.15) is 4.37 Å². The SMILES string of the molecule is COc1cccc(Cc2nsc(N(CCC(=O)NCCc3ccc(Cl)cc3Cl)Cc3ccco3)n2)c1. The highest BCUT2D eigenvalue weighted by atomic mass is 35.5. The van der Waals surface area contributed by atoms with Crippen molar-refractivity contribution in [2.75, 3.05) is 25.1 Å². The van der Waals surface area contributed by atoms with Gasteiger partial charge in [0.25, 0.3) is 0 Å². The molecule has 0 aliphatic rings. The molecule has 0 radical (unpaired) electrons. The fraction of sp³-hybridized carbons (Fsp3) is 0.269. The first-order chi connectivity index (χ1) is 17.5. The molecular weight excluding hydrogens is 519 g/mol. The molecule has 1 amide bonds. The van der Waals surface area contributed by atoms with Crippen LogP contribution in [0.2, 0.25) is 10.0 Å². The van der Waals surface area contributed by atoms with Crippen molar-refractivity contribution in [1.29, 1.82) is 0 Å². The molecule has 4 rings (SSSR count). The van der Waals surface area contributed by atoms with Crippen LogP contribution in [0.15, 0.2) is 65.3 Å². The number of methoxy groups -OCH3 is 1. The number of hydrogen-bond donors (Lipinski definition) is 1. The second-order valence-corrected chi connectivity index (χ2v) is 9.68. The van der Waals surface area contributed by atoms with Crippen molar-refractivity contribution in [2.45, 2.75) is 25.8 Å². The van der Waals surface area contributed by atoms with Crippen LogP contribution >= 0.6 is 34.7 Å². The summed E-state index contributed by atoms with van der Waals surface area (Å²) in [5.74, 6) is 2.26. The van der Waals surface area contributed by atoms with E-state index < -0.39 is 0 Å². The van der Waals surface area contributed by atoms with E-state index in [1.807, 2.05) is 47.4 Å². The molecule has 0 bridgehead atoms. The van der Waals surface area contributed by atoms with Crippen molar-refractivity contribution in [3.63, 3.8) is 0 Å². The number of aromatic nitrogens is 2. The summed E-state index contributed by atoms with van der Waals surface area (Å²) in [7, 11) is 1.65. The summed E-state index contributed by atoms with van der Waals surface area (Å²) in [6, 6.07) is 17.0. The monoisotopic (exact) mass is 544 g/mol. The van der Waals surface area contributed by atoms with Gasteiger partial charge < -0.3 is 19.4 Å². The third kappa shape index (κ3) is 7.46. The Morgan fingerprint density at radius 1 is 1.17 bits per heavy atom. The highest BCUT2D eigenvalue weighted by Crippen LogP contribution is 2.23. The summed E-state index contributed by atoms with van der Waals surface area (Å²) in [5, 5.41) is 4.89. The van der Waals surface area contributed by atoms with Crippen LogP contribution in [0.5, 0.6) is 5.75 Å². The maximum absolute atomic E-state index is 12.6. The lowest BCUT2D eigenvalue weighted by Gasteiger charge is -2.20. The molecule has 7 nitrogen and oxygen atoms in total. The lowest BCUT2D eigenvalue weighted by molar-refractivity contribution is -0.120. The van der Waals surface area contributed by atoms with E-state index in [1.54, 1.807) is 25.5 Å². The minimum absolute atomic E-state index is 0.0503. The van der Waals surface area contributed by atoms with Gasteiger partial charge in [0, 0.05) is 47.5 Å². The fourth-order valence-corrected chi connectivity index (χ4v) is 4.84. The van der Waals surface area contributed by atoms with Crippen LogP contribution in [0.3, 0.4) is 0 Å². The molecule has 4 aromatic rings. The number of anilines is 1. The zero-order valence-electron chi connectivity index (χ0n) is 19.7. The van der Waals surface area contributed by atoms with Crippen molar-refractivity contribution < 1.29 is 13.9 Å². The number of rotatable bonds is 12. The van der Waals surface area contributed by atoms with Gasteiger partial charge in [-0.1, -0.05) is 41.4 Å². The van der Waals surface area contributed by atoms with Gasteiger partial charge in [-0.15, -0.1) is 0 Å². The summed E-state index contributed by atoms with van der Waals surface area (Å²) in [5.41, 5.74) is 2.01. The number of carbonyl (C=O) groups excluding carboxylic acids is 1. The van der Waals surface area contributed by atoms with E-state index in [9.17, 15) is 4.79 Å². The largest absolute Gasteiger partial charge is 0.497 e. The first kappa shape index (κ1) is 26.0. The van der Waals surface area contributed by atoms with Gasteiger partial charge in [0.05, 0.1) is 19.9 Å². The lowest BCUT2D eigenvalue weighted by Crippen LogP contribution is -2.31. The van der Waals surface area contributed by atoms with E-state index >= 15 is 0 Å². The maximum Gasteiger partial charge on any atom is 0.221 e. The van der Waals surface area contributed by atoms with Crippen LogP contribution in [0, 0.1) is 0 Å². The van der Waals surface area contributed by atoms with Gasteiger partial charge >= 0.3 is 0 Å². The van der Waals surface area contributed by atoms with Gasteiger partial charge in [0.1, 0.15) is 17.3 Å². The second kappa shape index (κ2) is 12.8. The summed E-state index contributed by atoms with van der Waals surface area (Å²) < 4.78 is 15.4.